The van der Waals surface area contributed by atoms with Crippen LogP contribution in [0.2, 0.25) is 0 Å². The lowest BCUT2D eigenvalue weighted by atomic mass is 10.1. The number of fused-ring (bicyclic) bond motifs is 5. The van der Waals surface area contributed by atoms with Crippen LogP contribution in [0, 0.1) is 0 Å². The highest BCUT2D eigenvalue weighted by atomic mass is 32.1. The topological polar surface area (TPSA) is 50.7 Å². The van der Waals surface area contributed by atoms with Crippen LogP contribution >= 0.6 is 11.3 Å². The van der Waals surface area contributed by atoms with E-state index in [0.29, 0.717) is 0 Å². The molecule has 0 radical (unpaired) electrons. The summed E-state index contributed by atoms with van der Waals surface area (Å²) >= 11 is 1.67. The van der Waals surface area contributed by atoms with Gasteiger partial charge in [0.05, 0.1) is 33.6 Å². The molecule has 7 aromatic rings. The predicted octanol–water partition coefficient (Wildman–Crippen LogP) is 10.5. The lowest BCUT2D eigenvalue weighted by molar-refractivity contribution is 0.477. The van der Waals surface area contributed by atoms with Crippen molar-refractivity contribution >= 4 is 55.7 Å². The fraction of sp³-hybridized carbons (Fsp3) is 0. The number of para-hydroxylation sites is 8. The molecule has 2 aliphatic rings. The van der Waals surface area contributed by atoms with Crippen LogP contribution in [0.4, 0.5) is 34.1 Å². The number of pyridine rings is 1. The van der Waals surface area contributed by atoms with E-state index < -0.39 is 0 Å². The first-order valence-electron chi connectivity index (χ1n) is 14.0. The molecule has 0 atom stereocenters. The number of benzene rings is 5. The Morgan fingerprint density at radius 2 is 1.00 bits per heavy atom. The SMILES string of the molecule is c1ccc2c(c1)Oc1ccccc1N2c1cc(-c2nc3cnccc3s2)cc(N2c3ccccc3Oc3ccccc32)c1. The molecule has 0 saturated heterocycles. The largest absolute Gasteiger partial charge is 0.453 e. The van der Waals surface area contributed by atoms with Gasteiger partial charge in [0.1, 0.15) is 10.5 Å². The molecule has 0 bridgehead atoms. The number of nitrogens with zero attached hydrogens (tertiary/aromatic N) is 4. The molecule has 0 N–H and O–H groups in total. The number of thiazole rings is 1. The van der Waals surface area contributed by atoms with E-state index in [1.807, 2.05) is 91.3 Å². The van der Waals surface area contributed by atoms with E-state index >= 15 is 0 Å². The summed E-state index contributed by atoms with van der Waals surface area (Å²) in [4.78, 5) is 13.8. The van der Waals surface area contributed by atoms with Crippen molar-refractivity contribution in [3.8, 4) is 33.6 Å². The van der Waals surface area contributed by atoms with Gasteiger partial charge >= 0.3 is 0 Å². The summed E-state index contributed by atoms with van der Waals surface area (Å²) in [5.41, 5.74) is 7.78. The van der Waals surface area contributed by atoms with Crippen LogP contribution in [0.25, 0.3) is 20.8 Å². The zero-order valence-electron chi connectivity index (χ0n) is 22.7. The number of rotatable bonds is 3. The Kier molecular flexibility index (Phi) is 5.27. The highest BCUT2D eigenvalue weighted by Gasteiger charge is 2.29. The predicted molar refractivity (Wildman–Crippen MR) is 172 cm³/mol. The molecule has 0 spiro atoms. The van der Waals surface area contributed by atoms with E-state index in [-0.39, 0.29) is 0 Å². The summed E-state index contributed by atoms with van der Waals surface area (Å²) in [5.74, 6) is 3.23. The van der Waals surface area contributed by atoms with Crippen molar-refractivity contribution in [3.05, 3.63) is 134 Å². The number of ether oxygens (including phenoxy) is 2. The lowest BCUT2D eigenvalue weighted by Crippen LogP contribution is -2.18. The molecular weight excluding hydrogens is 552 g/mol. The number of hydrogen-bond acceptors (Lipinski definition) is 7. The fourth-order valence-electron chi connectivity index (χ4n) is 5.85. The minimum absolute atomic E-state index is 0.807. The van der Waals surface area contributed by atoms with Gasteiger partial charge in [-0.3, -0.25) is 4.98 Å². The summed E-state index contributed by atoms with van der Waals surface area (Å²) in [6.45, 7) is 0. The van der Waals surface area contributed by atoms with Crippen molar-refractivity contribution in [2.75, 3.05) is 9.80 Å². The molecule has 0 aliphatic carbocycles. The summed E-state index contributed by atoms with van der Waals surface area (Å²) in [6, 6.07) is 41.3. The van der Waals surface area contributed by atoms with Gasteiger partial charge in [0.15, 0.2) is 23.0 Å². The fourth-order valence-corrected chi connectivity index (χ4v) is 6.77. The van der Waals surface area contributed by atoms with Gasteiger partial charge < -0.3 is 19.3 Å². The second-order valence-electron chi connectivity index (χ2n) is 10.3. The molecule has 5 aromatic carbocycles. The van der Waals surface area contributed by atoms with E-state index in [9.17, 15) is 0 Å². The van der Waals surface area contributed by atoms with E-state index in [0.717, 1.165) is 77.9 Å². The van der Waals surface area contributed by atoms with Crippen molar-refractivity contribution in [1.29, 1.82) is 0 Å². The van der Waals surface area contributed by atoms with Crippen LogP contribution < -0.4 is 19.3 Å². The Balaban J connectivity index is 1.32. The van der Waals surface area contributed by atoms with Gasteiger partial charge in [-0.2, -0.15) is 0 Å². The van der Waals surface area contributed by atoms with Crippen LogP contribution in [-0.2, 0) is 0 Å². The summed E-state index contributed by atoms with van der Waals surface area (Å²) in [6.07, 6.45) is 3.64. The van der Waals surface area contributed by atoms with Crippen LogP contribution in [0.5, 0.6) is 23.0 Å². The van der Waals surface area contributed by atoms with Crippen LogP contribution in [0.15, 0.2) is 134 Å². The van der Waals surface area contributed by atoms with Crippen LogP contribution in [0.3, 0.4) is 0 Å². The van der Waals surface area contributed by atoms with Gasteiger partial charge in [-0.1, -0.05) is 48.5 Å². The maximum atomic E-state index is 6.34. The third-order valence-corrected chi connectivity index (χ3v) is 8.81. The van der Waals surface area contributed by atoms with Crippen molar-refractivity contribution in [3.63, 3.8) is 0 Å². The van der Waals surface area contributed by atoms with Gasteiger partial charge in [0.2, 0.25) is 0 Å². The van der Waals surface area contributed by atoms with Crippen molar-refractivity contribution in [1.82, 2.24) is 9.97 Å². The second-order valence-corrected chi connectivity index (χ2v) is 11.4. The molecule has 43 heavy (non-hydrogen) atoms. The normalized spacial score (nSPS) is 12.9. The van der Waals surface area contributed by atoms with Crippen LogP contribution in [0.1, 0.15) is 0 Å². The number of aromatic nitrogens is 2. The molecule has 2 aliphatic heterocycles. The summed E-state index contributed by atoms with van der Waals surface area (Å²) in [5, 5.41) is 0.927. The third-order valence-electron chi connectivity index (χ3n) is 7.72. The Labute approximate surface area is 251 Å². The standard InChI is InChI=1S/C36H22N4O2S/c1-5-13-31-27(9-1)39(28-10-2-6-14-32(28)41-31)24-19-23(36-38-26-22-37-18-17-35(26)43-36)20-25(21-24)40-29-11-3-7-15-33(29)42-34-16-8-4-12-30(34)40/h1-22H. The van der Waals surface area contributed by atoms with Gasteiger partial charge in [0, 0.05) is 23.1 Å². The third kappa shape index (κ3) is 3.86. The van der Waals surface area contributed by atoms with Crippen molar-refractivity contribution in [2.24, 2.45) is 0 Å². The lowest BCUT2D eigenvalue weighted by Gasteiger charge is -2.35. The second kappa shape index (κ2) is 9.44. The molecule has 4 heterocycles. The molecule has 204 valence electrons. The molecular formula is C36H22N4O2S. The molecule has 0 unspecified atom stereocenters. The smallest absolute Gasteiger partial charge is 0.151 e. The van der Waals surface area contributed by atoms with E-state index in [1.54, 1.807) is 11.3 Å². The average Bonchev–Trinajstić information content (AvgIpc) is 3.50. The highest BCUT2D eigenvalue weighted by Crippen LogP contribution is 2.54. The minimum Gasteiger partial charge on any atom is -0.453 e. The Hall–Kier alpha value is -5.66. The average molecular weight is 575 g/mol. The Morgan fingerprint density at radius 3 is 1.47 bits per heavy atom. The van der Waals surface area contributed by atoms with Crippen molar-refractivity contribution in [2.45, 2.75) is 0 Å². The first-order chi connectivity index (χ1) is 21.3. The highest BCUT2D eigenvalue weighted by molar-refractivity contribution is 7.21. The first kappa shape index (κ1) is 24.0. The Morgan fingerprint density at radius 1 is 0.535 bits per heavy atom. The van der Waals surface area contributed by atoms with Gasteiger partial charge in [-0.05, 0) is 72.8 Å². The maximum Gasteiger partial charge on any atom is 0.151 e. The zero-order valence-corrected chi connectivity index (χ0v) is 23.5. The number of hydrogen-bond donors (Lipinski definition) is 0. The number of anilines is 6. The van der Waals surface area contributed by atoms with E-state index in [4.69, 9.17) is 14.5 Å². The van der Waals surface area contributed by atoms with E-state index in [1.165, 1.54) is 0 Å². The van der Waals surface area contributed by atoms with Gasteiger partial charge in [-0.15, -0.1) is 11.3 Å². The first-order valence-corrected chi connectivity index (χ1v) is 14.8. The van der Waals surface area contributed by atoms with Crippen LogP contribution in [-0.4, -0.2) is 9.97 Å². The molecule has 0 amide bonds. The molecule has 2 aromatic heterocycles. The molecule has 0 fully saturated rings. The quantitative estimate of drug-likeness (QED) is 0.209. The van der Waals surface area contributed by atoms with Gasteiger partial charge in [-0.25, -0.2) is 4.98 Å². The maximum absolute atomic E-state index is 6.34. The summed E-state index contributed by atoms with van der Waals surface area (Å²) in [7, 11) is 0. The Bertz CT molecular complexity index is 1950. The molecule has 6 nitrogen and oxygen atoms in total. The summed E-state index contributed by atoms with van der Waals surface area (Å²) < 4.78 is 13.8. The van der Waals surface area contributed by atoms with Crippen molar-refractivity contribution < 1.29 is 9.47 Å². The van der Waals surface area contributed by atoms with E-state index in [2.05, 4.69) is 57.2 Å². The molecule has 9 rings (SSSR count). The monoisotopic (exact) mass is 574 g/mol. The zero-order chi connectivity index (χ0) is 28.3. The molecule has 7 heteroatoms. The van der Waals surface area contributed by atoms with Gasteiger partial charge in [0.25, 0.3) is 0 Å². The molecule has 0 saturated carbocycles. The minimum atomic E-state index is 0.807.